The first-order chi connectivity index (χ1) is 22.6. The van der Waals surface area contributed by atoms with Crippen molar-refractivity contribution in [2.45, 2.75) is 206 Å². The summed E-state index contributed by atoms with van der Waals surface area (Å²) in [4.78, 5) is 23.3. The molecule has 1 unspecified atom stereocenters. The molecule has 0 saturated heterocycles. The lowest BCUT2D eigenvalue weighted by atomic mass is 10.0. The van der Waals surface area contributed by atoms with Gasteiger partial charge in [-0.3, -0.25) is 9.59 Å². The third-order valence-corrected chi connectivity index (χ3v) is 8.55. The van der Waals surface area contributed by atoms with Crippen molar-refractivity contribution in [3.8, 4) is 0 Å². The van der Waals surface area contributed by atoms with E-state index in [0.29, 0.717) is 6.42 Å². The molecule has 1 atom stereocenters. The lowest BCUT2D eigenvalue weighted by Crippen LogP contribution is -2.18. The van der Waals surface area contributed by atoms with Crippen molar-refractivity contribution in [3.05, 3.63) is 48.6 Å². The Morgan fingerprint density at radius 2 is 0.848 bits per heavy atom. The molecule has 0 aromatic carbocycles. The van der Waals surface area contributed by atoms with Gasteiger partial charge in [-0.2, -0.15) is 0 Å². The van der Waals surface area contributed by atoms with Gasteiger partial charge in [-0.1, -0.05) is 152 Å². The Morgan fingerprint density at radius 1 is 0.478 bits per heavy atom. The number of allylic oxidation sites excluding steroid dienone is 8. The molecule has 4 heteroatoms. The quantitative estimate of drug-likeness (QED) is 0.0424. The first-order valence-electron chi connectivity index (χ1n) is 19.6. The zero-order valence-corrected chi connectivity index (χ0v) is 30.4. The van der Waals surface area contributed by atoms with Crippen LogP contribution in [0.3, 0.4) is 0 Å². The van der Waals surface area contributed by atoms with Crippen molar-refractivity contribution in [2.75, 3.05) is 0 Å². The number of hydrogen-bond acceptors (Lipinski definition) is 3. The highest BCUT2D eigenvalue weighted by Gasteiger charge is 2.14. The zero-order valence-electron chi connectivity index (χ0n) is 30.4. The van der Waals surface area contributed by atoms with Crippen LogP contribution >= 0.6 is 0 Å². The summed E-state index contributed by atoms with van der Waals surface area (Å²) in [6.45, 7) is 4.50. The molecule has 0 saturated carbocycles. The fraction of sp³-hybridized carbons (Fsp3) is 0.762. The van der Waals surface area contributed by atoms with E-state index in [9.17, 15) is 9.59 Å². The highest BCUT2D eigenvalue weighted by molar-refractivity contribution is 5.69. The maximum atomic E-state index is 12.6. The molecular formula is C42H74O4. The largest absolute Gasteiger partial charge is 0.481 e. The van der Waals surface area contributed by atoms with Gasteiger partial charge in [0.1, 0.15) is 6.10 Å². The van der Waals surface area contributed by atoms with Crippen LogP contribution in [0.2, 0.25) is 0 Å². The molecule has 4 nitrogen and oxygen atoms in total. The summed E-state index contributed by atoms with van der Waals surface area (Å²) in [5, 5.41) is 8.79. The van der Waals surface area contributed by atoms with Crippen molar-refractivity contribution in [2.24, 2.45) is 0 Å². The second-order valence-corrected chi connectivity index (χ2v) is 13.1. The second-order valence-electron chi connectivity index (χ2n) is 13.1. The van der Waals surface area contributed by atoms with Gasteiger partial charge >= 0.3 is 11.9 Å². The van der Waals surface area contributed by atoms with Crippen molar-refractivity contribution >= 4 is 11.9 Å². The molecule has 0 rings (SSSR count). The molecule has 0 aliphatic rings. The van der Waals surface area contributed by atoms with Crippen LogP contribution in [0.25, 0.3) is 0 Å². The minimum absolute atomic E-state index is 0.0180. The lowest BCUT2D eigenvalue weighted by molar-refractivity contribution is -0.150. The first-order valence-corrected chi connectivity index (χ1v) is 19.6. The van der Waals surface area contributed by atoms with Gasteiger partial charge < -0.3 is 9.84 Å². The Bertz CT molecular complexity index is 779. The van der Waals surface area contributed by atoms with E-state index in [1.165, 1.54) is 83.5 Å². The molecule has 0 heterocycles. The highest BCUT2D eigenvalue weighted by atomic mass is 16.5. The predicted molar refractivity (Wildman–Crippen MR) is 199 cm³/mol. The van der Waals surface area contributed by atoms with Gasteiger partial charge in [-0.05, 0) is 83.5 Å². The minimum atomic E-state index is -0.705. The number of carboxylic acid groups (broad SMARTS) is 1. The first kappa shape index (κ1) is 43.9. The summed E-state index contributed by atoms with van der Waals surface area (Å²) < 4.78 is 5.96. The number of carboxylic acids is 1. The molecule has 0 aromatic heterocycles. The average molecular weight is 643 g/mol. The van der Waals surface area contributed by atoms with Crippen LogP contribution in [0.5, 0.6) is 0 Å². The fourth-order valence-electron chi connectivity index (χ4n) is 5.64. The molecule has 0 aliphatic heterocycles. The van der Waals surface area contributed by atoms with E-state index >= 15 is 0 Å². The van der Waals surface area contributed by atoms with Crippen molar-refractivity contribution in [3.63, 3.8) is 0 Å². The average Bonchev–Trinajstić information content (AvgIpc) is 3.04. The SMILES string of the molecule is CCCCC/C=C\C/C=C\C/C=C\C/C=C\CCCCCCCC(=O)OC(CCCCCCCCC)CCCCCCCC(=O)O. The molecule has 0 fully saturated rings. The van der Waals surface area contributed by atoms with Gasteiger partial charge in [0, 0.05) is 12.8 Å². The number of carbonyl (C=O) groups is 2. The maximum absolute atomic E-state index is 12.6. The monoisotopic (exact) mass is 643 g/mol. The van der Waals surface area contributed by atoms with Crippen LogP contribution in [0.1, 0.15) is 200 Å². The molecule has 0 bridgehead atoms. The summed E-state index contributed by atoms with van der Waals surface area (Å²) in [5.41, 5.74) is 0. The number of carbonyl (C=O) groups excluding carboxylic acids is 1. The number of rotatable bonds is 35. The molecule has 0 spiro atoms. The Labute approximate surface area is 285 Å². The number of hydrogen-bond donors (Lipinski definition) is 1. The van der Waals surface area contributed by atoms with Crippen LogP contribution in [-0.2, 0) is 14.3 Å². The summed E-state index contributed by atoms with van der Waals surface area (Å²) in [6, 6.07) is 0. The van der Waals surface area contributed by atoms with Gasteiger partial charge in [0.2, 0.25) is 0 Å². The van der Waals surface area contributed by atoms with Crippen LogP contribution in [0, 0.1) is 0 Å². The molecule has 0 aromatic rings. The van der Waals surface area contributed by atoms with Crippen molar-refractivity contribution < 1.29 is 19.4 Å². The minimum Gasteiger partial charge on any atom is -0.481 e. The third kappa shape index (κ3) is 36.4. The van der Waals surface area contributed by atoms with E-state index in [4.69, 9.17) is 9.84 Å². The number of ether oxygens (including phenoxy) is 1. The Morgan fingerprint density at radius 3 is 1.35 bits per heavy atom. The fourth-order valence-corrected chi connectivity index (χ4v) is 5.64. The summed E-state index contributed by atoms with van der Waals surface area (Å²) >= 11 is 0. The molecule has 0 amide bonds. The maximum Gasteiger partial charge on any atom is 0.306 e. The van der Waals surface area contributed by atoms with Crippen LogP contribution < -0.4 is 0 Å². The number of aliphatic carboxylic acids is 1. The smallest absolute Gasteiger partial charge is 0.306 e. The molecule has 266 valence electrons. The summed E-state index contributed by atoms with van der Waals surface area (Å²) in [7, 11) is 0. The van der Waals surface area contributed by atoms with E-state index < -0.39 is 5.97 Å². The van der Waals surface area contributed by atoms with Gasteiger partial charge in [0.15, 0.2) is 0 Å². The van der Waals surface area contributed by atoms with E-state index in [0.717, 1.165) is 89.9 Å². The topological polar surface area (TPSA) is 63.6 Å². The molecule has 0 radical (unpaired) electrons. The predicted octanol–water partition coefficient (Wildman–Crippen LogP) is 13.6. The number of unbranched alkanes of at least 4 members (excludes halogenated alkanes) is 18. The van der Waals surface area contributed by atoms with Crippen molar-refractivity contribution in [1.29, 1.82) is 0 Å². The second kappa shape index (κ2) is 37.4. The zero-order chi connectivity index (χ0) is 33.6. The Balaban J connectivity index is 3.94. The molecule has 1 N–H and O–H groups in total. The van der Waals surface area contributed by atoms with Crippen LogP contribution in [0.15, 0.2) is 48.6 Å². The summed E-state index contributed by atoms with van der Waals surface area (Å²) in [6.07, 6.45) is 49.9. The van der Waals surface area contributed by atoms with Gasteiger partial charge in [0.25, 0.3) is 0 Å². The van der Waals surface area contributed by atoms with Crippen LogP contribution in [0.4, 0.5) is 0 Å². The van der Waals surface area contributed by atoms with E-state index in [2.05, 4.69) is 62.5 Å². The van der Waals surface area contributed by atoms with E-state index in [-0.39, 0.29) is 18.5 Å². The normalized spacial score (nSPS) is 12.7. The lowest BCUT2D eigenvalue weighted by Gasteiger charge is -2.18. The number of esters is 1. The standard InChI is InChI=1S/C42H74O4/c1-3-5-7-9-11-12-13-14-15-16-17-18-19-20-21-22-23-24-26-31-35-39-42(45)46-40(36-32-28-25-10-8-6-4-2)37-33-29-27-30-34-38-41(43)44/h11-12,14-15,17-18,20-21,40H,3-10,13,16,19,22-39H2,1-2H3,(H,43,44)/b12-11-,15-14-,18-17-,21-20-. The van der Waals surface area contributed by atoms with E-state index in [1.807, 2.05) is 0 Å². The van der Waals surface area contributed by atoms with Gasteiger partial charge in [-0.15, -0.1) is 0 Å². The molecule has 46 heavy (non-hydrogen) atoms. The van der Waals surface area contributed by atoms with Gasteiger partial charge in [-0.25, -0.2) is 0 Å². The Hall–Kier alpha value is -2.10. The van der Waals surface area contributed by atoms with Crippen LogP contribution in [-0.4, -0.2) is 23.1 Å². The molecular weight excluding hydrogens is 568 g/mol. The highest BCUT2D eigenvalue weighted by Crippen LogP contribution is 2.18. The van der Waals surface area contributed by atoms with Gasteiger partial charge in [0.05, 0.1) is 0 Å². The van der Waals surface area contributed by atoms with Crippen molar-refractivity contribution in [1.82, 2.24) is 0 Å². The third-order valence-electron chi connectivity index (χ3n) is 8.55. The molecule has 0 aliphatic carbocycles. The Kier molecular flexibility index (Phi) is 35.7. The summed E-state index contributed by atoms with van der Waals surface area (Å²) in [5.74, 6) is -0.723. The van der Waals surface area contributed by atoms with E-state index in [1.54, 1.807) is 0 Å².